The van der Waals surface area contributed by atoms with Gasteiger partial charge in [0.05, 0.1) is 5.52 Å². The largest absolute Gasteiger partial charge is 0.490 e. The quantitative estimate of drug-likeness (QED) is 0.349. The van der Waals surface area contributed by atoms with E-state index in [0.717, 1.165) is 49.2 Å². The fourth-order valence-electron chi connectivity index (χ4n) is 4.74. The first-order valence-electron chi connectivity index (χ1n) is 12.1. The molecule has 7 nitrogen and oxygen atoms in total. The summed E-state index contributed by atoms with van der Waals surface area (Å²) in [6.45, 7) is 6.47. The third-order valence-corrected chi connectivity index (χ3v) is 6.26. The second kappa shape index (κ2) is 9.71. The Morgan fingerprint density at radius 3 is 2.56 bits per heavy atom. The number of aromatic nitrogens is 5. The van der Waals surface area contributed by atoms with Gasteiger partial charge in [-0.05, 0) is 80.8 Å². The minimum atomic E-state index is 0.151. The molecule has 5 rings (SSSR count). The predicted octanol–water partition coefficient (Wildman–Crippen LogP) is 6.03. The molecule has 0 bridgehead atoms. The average Bonchev–Trinajstić information content (AvgIpc) is 3.58. The Hall–Kier alpha value is -3.61. The van der Waals surface area contributed by atoms with Gasteiger partial charge >= 0.3 is 0 Å². The van der Waals surface area contributed by atoms with Gasteiger partial charge in [-0.2, -0.15) is 5.21 Å². The van der Waals surface area contributed by atoms with E-state index in [1.807, 2.05) is 24.3 Å². The van der Waals surface area contributed by atoms with E-state index >= 15 is 0 Å². The normalized spacial score (nSPS) is 17.7. The number of H-pyrrole nitrogens is 1. The first-order valence-corrected chi connectivity index (χ1v) is 12.1. The van der Waals surface area contributed by atoms with Crippen molar-refractivity contribution >= 4 is 17.1 Å². The Labute approximate surface area is 199 Å². The highest BCUT2D eigenvalue weighted by atomic mass is 16.5. The third-order valence-electron chi connectivity index (χ3n) is 6.26. The Balaban J connectivity index is 1.26. The summed E-state index contributed by atoms with van der Waals surface area (Å²) in [6, 6.07) is 14.4. The van der Waals surface area contributed by atoms with Crippen LogP contribution >= 0.6 is 0 Å². The molecule has 7 heteroatoms. The fourth-order valence-corrected chi connectivity index (χ4v) is 4.74. The van der Waals surface area contributed by atoms with Gasteiger partial charge in [-0.15, -0.1) is 10.2 Å². The number of tetrazole rings is 1. The van der Waals surface area contributed by atoms with Crippen molar-refractivity contribution in [3.05, 3.63) is 59.8 Å². The molecule has 34 heavy (non-hydrogen) atoms. The van der Waals surface area contributed by atoms with E-state index in [-0.39, 0.29) is 12.2 Å². The first kappa shape index (κ1) is 22.2. The second-order valence-corrected chi connectivity index (χ2v) is 9.21. The molecule has 0 spiro atoms. The van der Waals surface area contributed by atoms with Crippen LogP contribution in [-0.2, 0) is 6.42 Å². The monoisotopic (exact) mass is 457 g/mol. The summed E-state index contributed by atoms with van der Waals surface area (Å²) in [6.07, 6.45) is 9.58. The molecule has 2 unspecified atom stereocenters. The van der Waals surface area contributed by atoms with Gasteiger partial charge in [0.25, 0.3) is 0 Å². The van der Waals surface area contributed by atoms with Crippen molar-refractivity contribution in [2.24, 2.45) is 0 Å². The minimum absolute atomic E-state index is 0.151. The van der Waals surface area contributed by atoms with Gasteiger partial charge in [-0.1, -0.05) is 18.9 Å². The summed E-state index contributed by atoms with van der Waals surface area (Å²) >= 11 is 0. The maximum absolute atomic E-state index is 6.56. The van der Waals surface area contributed by atoms with Crippen molar-refractivity contribution in [2.75, 3.05) is 0 Å². The van der Waals surface area contributed by atoms with Gasteiger partial charge in [0.1, 0.15) is 23.7 Å². The molecule has 4 aromatic rings. The molecular formula is C27H31N5O2. The molecule has 1 aliphatic rings. The van der Waals surface area contributed by atoms with Crippen LogP contribution in [0.25, 0.3) is 28.5 Å². The zero-order valence-electron chi connectivity index (χ0n) is 20.0. The molecular weight excluding hydrogens is 426 g/mol. The maximum atomic E-state index is 6.56. The van der Waals surface area contributed by atoms with Crippen LogP contribution in [0.5, 0.6) is 11.5 Å². The van der Waals surface area contributed by atoms with Crippen molar-refractivity contribution < 1.29 is 9.47 Å². The molecule has 1 fully saturated rings. The van der Waals surface area contributed by atoms with Gasteiger partial charge < -0.3 is 14.0 Å². The predicted molar refractivity (Wildman–Crippen MR) is 134 cm³/mol. The number of nitrogens with zero attached hydrogens (tertiary/aromatic N) is 4. The van der Waals surface area contributed by atoms with Crippen LogP contribution in [0.4, 0.5) is 0 Å². The molecule has 0 saturated heterocycles. The van der Waals surface area contributed by atoms with Crippen molar-refractivity contribution in [3.8, 4) is 22.9 Å². The first-order chi connectivity index (χ1) is 16.6. The van der Waals surface area contributed by atoms with Crippen LogP contribution in [0.3, 0.4) is 0 Å². The van der Waals surface area contributed by atoms with Crippen LogP contribution in [0.1, 0.15) is 52.0 Å². The standard InChI is InChI=1S/C27H31N5O2/c1-4-5-24-23-14-15-32(17-18(2)3)25(23)12-13-26(24)34-22-11-10-21(16-22)33-20-8-6-19(7-9-20)27-28-30-31-29-27/h6-9,12-15,17,21-22H,4-5,10-11,16H2,1-3H3,(H,28,29,30,31). The number of benzene rings is 2. The summed E-state index contributed by atoms with van der Waals surface area (Å²) in [7, 11) is 0. The lowest BCUT2D eigenvalue weighted by atomic mass is 10.0. The zero-order chi connectivity index (χ0) is 23.5. The SMILES string of the molecule is CCCc1c(OC2CCC(Oc3ccc(-c4nn[nH]n4)cc3)C2)ccc2c1ccn2C=C(C)C. The summed E-state index contributed by atoms with van der Waals surface area (Å²) in [5.41, 5.74) is 4.72. The summed E-state index contributed by atoms with van der Waals surface area (Å²) in [4.78, 5) is 0. The van der Waals surface area contributed by atoms with Crippen molar-refractivity contribution in [3.63, 3.8) is 0 Å². The number of hydrogen-bond donors (Lipinski definition) is 1. The van der Waals surface area contributed by atoms with Crippen LogP contribution < -0.4 is 9.47 Å². The number of nitrogens with one attached hydrogen (secondary N) is 1. The summed E-state index contributed by atoms with van der Waals surface area (Å²) in [5.74, 6) is 2.45. The molecule has 1 aliphatic carbocycles. The number of hydrogen-bond acceptors (Lipinski definition) is 5. The van der Waals surface area contributed by atoms with Gasteiger partial charge in [-0.25, -0.2) is 0 Å². The van der Waals surface area contributed by atoms with Crippen LogP contribution in [0.2, 0.25) is 0 Å². The smallest absolute Gasteiger partial charge is 0.204 e. The fraction of sp³-hybridized carbons (Fsp3) is 0.370. The third kappa shape index (κ3) is 4.69. The topological polar surface area (TPSA) is 77.8 Å². The molecule has 2 atom stereocenters. The Morgan fingerprint density at radius 1 is 1.06 bits per heavy atom. The number of aryl methyl sites for hydroxylation is 1. The number of allylic oxidation sites excluding steroid dienone is 1. The average molecular weight is 458 g/mol. The molecule has 2 aromatic carbocycles. The maximum Gasteiger partial charge on any atom is 0.204 e. The molecule has 2 heterocycles. The summed E-state index contributed by atoms with van der Waals surface area (Å²) in [5, 5.41) is 15.4. The molecule has 1 N–H and O–H groups in total. The highest BCUT2D eigenvalue weighted by Gasteiger charge is 2.28. The lowest BCUT2D eigenvalue weighted by Crippen LogP contribution is -2.18. The van der Waals surface area contributed by atoms with Crippen LogP contribution in [0.15, 0.2) is 54.2 Å². The number of rotatable bonds is 8. The van der Waals surface area contributed by atoms with E-state index < -0.39 is 0 Å². The van der Waals surface area contributed by atoms with E-state index in [2.05, 4.69) is 76.6 Å². The van der Waals surface area contributed by atoms with Crippen LogP contribution in [0, 0.1) is 0 Å². The van der Waals surface area contributed by atoms with Gasteiger partial charge in [0.2, 0.25) is 5.82 Å². The Bertz CT molecular complexity index is 1270. The molecule has 0 radical (unpaired) electrons. The van der Waals surface area contributed by atoms with E-state index in [0.29, 0.717) is 5.82 Å². The Kier molecular flexibility index (Phi) is 6.34. The van der Waals surface area contributed by atoms with E-state index in [9.17, 15) is 0 Å². The minimum Gasteiger partial charge on any atom is -0.490 e. The molecule has 0 aliphatic heterocycles. The summed E-state index contributed by atoms with van der Waals surface area (Å²) < 4.78 is 15.0. The van der Waals surface area contributed by atoms with Crippen LogP contribution in [-0.4, -0.2) is 37.4 Å². The van der Waals surface area contributed by atoms with Gasteiger partial charge in [0, 0.05) is 35.3 Å². The van der Waals surface area contributed by atoms with E-state index in [1.165, 1.54) is 22.0 Å². The number of fused-ring (bicyclic) bond motifs is 1. The highest BCUT2D eigenvalue weighted by molar-refractivity contribution is 5.87. The van der Waals surface area contributed by atoms with Crippen molar-refractivity contribution in [2.45, 2.75) is 65.1 Å². The zero-order valence-corrected chi connectivity index (χ0v) is 20.0. The lowest BCUT2D eigenvalue weighted by Gasteiger charge is -2.18. The molecule has 2 aromatic heterocycles. The highest BCUT2D eigenvalue weighted by Crippen LogP contribution is 2.34. The molecule has 0 amide bonds. The van der Waals surface area contributed by atoms with Crippen molar-refractivity contribution in [1.82, 2.24) is 25.2 Å². The number of ether oxygens (including phenoxy) is 2. The van der Waals surface area contributed by atoms with E-state index in [4.69, 9.17) is 9.47 Å². The lowest BCUT2D eigenvalue weighted by molar-refractivity contribution is 0.165. The van der Waals surface area contributed by atoms with Gasteiger partial charge in [0.15, 0.2) is 0 Å². The second-order valence-electron chi connectivity index (χ2n) is 9.21. The molecule has 1 saturated carbocycles. The van der Waals surface area contributed by atoms with E-state index in [1.54, 1.807) is 0 Å². The van der Waals surface area contributed by atoms with Gasteiger partial charge in [-0.3, -0.25) is 0 Å². The number of aromatic amines is 1. The van der Waals surface area contributed by atoms with Crippen molar-refractivity contribution in [1.29, 1.82) is 0 Å². The molecule has 176 valence electrons. The Morgan fingerprint density at radius 2 is 1.85 bits per heavy atom.